The molecule has 1 aliphatic carbocycles. The molecule has 0 amide bonds. The Labute approximate surface area is 105 Å². The van der Waals surface area contributed by atoms with Gasteiger partial charge >= 0.3 is 5.97 Å². The highest BCUT2D eigenvalue weighted by atomic mass is 16.6. The van der Waals surface area contributed by atoms with Crippen molar-refractivity contribution in [2.45, 2.75) is 38.0 Å². The van der Waals surface area contributed by atoms with Crippen LogP contribution in [0.25, 0.3) is 0 Å². The SMILES string of the molecule is O=C(O)c1ccc(C2CCCCC2)cc1[N+](=O)[O-]. The summed E-state index contributed by atoms with van der Waals surface area (Å²) < 4.78 is 0. The van der Waals surface area contributed by atoms with Crippen molar-refractivity contribution in [2.24, 2.45) is 0 Å². The second-order valence-corrected chi connectivity index (χ2v) is 4.67. The van der Waals surface area contributed by atoms with Crippen LogP contribution in [0.15, 0.2) is 18.2 Å². The fourth-order valence-corrected chi connectivity index (χ4v) is 2.57. The summed E-state index contributed by atoms with van der Waals surface area (Å²) in [7, 11) is 0. The molecule has 0 radical (unpaired) electrons. The fraction of sp³-hybridized carbons (Fsp3) is 0.462. The van der Waals surface area contributed by atoms with Gasteiger partial charge in [0.2, 0.25) is 0 Å². The zero-order valence-electron chi connectivity index (χ0n) is 9.96. The van der Waals surface area contributed by atoms with Crippen molar-refractivity contribution in [3.05, 3.63) is 39.4 Å². The van der Waals surface area contributed by atoms with E-state index >= 15 is 0 Å². The second-order valence-electron chi connectivity index (χ2n) is 4.67. The van der Waals surface area contributed by atoms with Gasteiger partial charge in [-0.15, -0.1) is 0 Å². The van der Waals surface area contributed by atoms with E-state index in [0.717, 1.165) is 31.2 Å². The van der Waals surface area contributed by atoms with E-state index in [0.29, 0.717) is 5.92 Å². The van der Waals surface area contributed by atoms with Crippen molar-refractivity contribution in [3.63, 3.8) is 0 Å². The zero-order valence-corrected chi connectivity index (χ0v) is 9.96. The van der Waals surface area contributed by atoms with Crippen LogP contribution in [0.1, 0.15) is 53.9 Å². The van der Waals surface area contributed by atoms with Gasteiger partial charge in [0.15, 0.2) is 0 Å². The zero-order chi connectivity index (χ0) is 13.1. The second kappa shape index (κ2) is 5.16. The molecule has 2 rings (SSSR count). The molecular formula is C13H15NO4. The van der Waals surface area contributed by atoms with Crippen molar-refractivity contribution in [1.82, 2.24) is 0 Å². The van der Waals surface area contributed by atoms with Gasteiger partial charge in [-0.1, -0.05) is 25.3 Å². The number of nitrogens with zero attached hydrogens (tertiary/aromatic N) is 1. The molecule has 0 aliphatic heterocycles. The lowest BCUT2D eigenvalue weighted by Crippen LogP contribution is -2.07. The number of rotatable bonds is 3. The van der Waals surface area contributed by atoms with Gasteiger partial charge in [-0.2, -0.15) is 0 Å². The third-order valence-corrected chi connectivity index (χ3v) is 3.53. The van der Waals surface area contributed by atoms with E-state index < -0.39 is 10.9 Å². The molecule has 1 N–H and O–H groups in total. The number of benzene rings is 1. The normalized spacial score (nSPS) is 16.4. The summed E-state index contributed by atoms with van der Waals surface area (Å²) in [5, 5.41) is 19.8. The Morgan fingerprint density at radius 2 is 1.94 bits per heavy atom. The minimum absolute atomic E-state index is 0.237. The molecule has 5 nitrogen and oxygen atoms in total. The van der Waals surface area contributed by atoms with Crippen LogP contribution < -0.4 is 0 Å². The Morgan fingerprint density at radius 1 is 1.28 bits per heavy atom. The summed E-state index contributed by atoms with van der Waals surface area (Å²) in [6.45, 7) is 0. The maximum Gasteiger partial charge on any atom is 0.342 e. The number of carbonyl (C=O) groups is 1. The van der Waals surface area contributed by atoms with Gasteiger partial charge in [-0.3, -0.25) is 10.1 Å². The van der Waals surface area contributed by atoms with Crippen LogP contribution in [0, 0.1) is 10.1 Å². The van der Waals surface area contributed by atoms with Crippen LogP contribution in [0.2, 0.25) is 0 Å². The lowest BCUT2D eigenvalue weighted by Gasteiger charge is -2.21. The van der Waals surface area contributed by atoms with Gasteiger partial charge in [-0.25, -0.2) is 4.79 Å². The number of nitro groups is 1. The first-order valence-corrected chi connectivity index (χ1v) is 6.11. The highest BCUT2D eigenvalue weighted by Gasteiger charge is 2.23. The highest BCUT2D eigenvalue weighted by molar-refractivity contribution is 5.92. The van der Waals surface area contributed by atoms with Crippen LogP contribution in [-0.2, 0) is 0 Å². The van der Waals surface area contributed by atoms with Gasteiger partial charge < -0.3 is 5.11 Å². The van der Waals surface area contributed by atoms with E-state index in [9.17, 15) is 14.9 Å². The van der Waals surface area contributed by atoms with Crippen LogP contribution in [0.5, 0.6) is 0 Å². The van der Waals surface area contributed by atoms with Crippen molar-refractivity contribution >= 4 is 11.7 Å². The lowest BCUT2D eigenvalue weighted by molar-refractivity contribution is -0.385. The van der Waals surface area contributed by atoms with Crippen LogP contribution in [0.3, 0.4) is 0 Å². The first-order chi connectivity index (χ1) is 8.59. The number of carboxylic acids is 1. The molecule has 0 unspecified atom stereocenters. The average molecular weight is 249 g/mol. The molecule has 1 fully saturated rings. The van der Waals surface area contributed by atoms with Crippen LogP contribution in [-0.4, -0.2) is 16.0 Å². The summed E-state index contributed by atoms with van der Waals surface area (Å²) in [6, 6.07) is 4.50. The minimum atomic E-state index is -1.25. The monoisotopic (exact) mass is 249 g/mol. The molecule has 1 aromatic carbocycles. The summed E-state index contributed by atoms with van der Waals surface area (Å²) >= 11 is 0. The van der Waals surface area contributed by atoms with E-state index in [1.165, 1.54) is 18.6 Å². The smallest absolute Gasteiger partial charge is 0.342 e. The predicted octanol–water partition coefficient (Wildman–Crippen LogP) is 3.34. The minimum Gasteiger partial charge on any atom is -0.477 e. The summed E-state index contributed by atoms with van der Waals surface area (Å²) in [5.41, 5.74) is 0.358. The first-order valence-electron chi connectivity index (χ1n) is 6.11. The van der Waals surface area contributed by atoms with Crippen molar-refractivity contribution in [1.29, 1.82) is 0 Å². The third kappa shape index (κ3) is 2.50. The molecule has 0 spiro atoms. The standard InChI is InChI=1S/C13H15NO4/c15-13(16)11-7-6-10(8-12(11)14(17)18)9-4-2-1-3-5-9/h6-9H,1-5H2,(H,15,16). The van der Waals surface area contributed by atoms with Crippen molar-refractivity contribution < 1.29 is 14.8 Å². The number of hydrogen-bond acceptors (Lipinski definition) is 3. The molecule has 5 heteroatoms. The quantitative estimate of drug-likeness (QED) is 0.658. The Hall–Kier alpha value is -1.91. The molecule has 0 aromatic heterocycles. The molecule has 0 heterocycles. The maximum atomic E-state index is 10.9. The number of aromatic carboxylic acids is 1. The Kier molecular flexibility index (Phi) is 3.60. The summed E-state index contributed by atoms with van der Waals surface area (Å²) in [6.07, 6.45) is 5.55. The molecule has 1 saturated carbocycles. The number of hydrogen-bond donors (Lipinski definition) is 1. The topological polar surface area (TPSA) is 80.4 Å². The molecule has 0 bridgehead atoms. The Morgan fingerprint density at radius 3 is 2.50 bits per heavy atom. The van der Waals surface area contributed by atoms with Gasteiger partial charge in [0, 0.05) is 6.07 Å². The lowest BCUT2D eigenvalue weighted by atomic mass is 9.83. The van der Waals surface area contributed by atoms with Gasteiger partial charge in [-0.05, 0) is 30.4 Å². The predicted molar refractivity (Wildman–Crippen MR) is 65.9 cm³/mol. The third-order valence-electron chi connectivity index (χ3n) is 3.53. The molecule has 96 valence electrons. The van der Waals surface area contributed by atoms with Crippen molar-refractivity contribution in [2.75, 3.05) is 0 Å². The van der Waals surface area contributed by atoms with Gasteiger partial charge in [0.25, 0.3) is 5.69 Å². The van der Waals surface area contributed by atoms with Crippen molar-refractivity contribution in [3.8, 4) is 0 Å². The van der Waals surface area contributed by atoms with E-state index in [1.54, 1.807) is 6.07 Å². The molecule has 0 atom stereocenters. The maximum absolute atomic E-state index is 10.9. The molecule has 1 aromatic rings. The first kappa shape index (κ1) is 12.5. The summed E-state index contributed by atoms with van der Waals surface area (Å²) in [4.78, 5) is 21.2. The van der Waals surface area contributed by atoms with Crippen LogP contribution in [0.4, 0.5) is 5.69 Å². The number of carboxylic acid groups (broad SMARTS) is 1. The average Bonchev–Trinajstić information content (AvgIpc) is 2.39. The molecule has 18 heavy (non-hydrogen) atoms. The van der Waals surface area contributed by atoms with Gasteiger partial charge in [0.05, 0.1) is 4.92 Å². The largest absolute Gasteiger partial charge is 0.477 e. The van der Waals surface area contributed by atoms with E-state index in [-0.39, 0.29) is 11.3 Å². The number of nitro benzene ring substituents is 1. The molecular weight excluding hydrogens is 234 g/mol. The highest BCUT2D eigenvalue weighted by Crippen LogP contribution is 2.34. The van der Waals surface area contributed by atoms with Gasteiger partial charge in [0.1, 0.15) is 5.56 Å². The fourth-order valence-electron chi connectivity index (χ4n) is 2.57. The Bertz CT molecular complexity index is 478. The molecule has 0 saturated heterocycles. The Balaban J connectivity index is 2.36. The summed E-state index contributed by atoms with van der Waals surface area (Å²) in [5.74, 6) is -0.919. The van der Waals surface area contributed by atoms with Crippen LogP contribution >= 0.6 is 0 Å². The van der Waals surface area contributed by atoms with E-state index in [1.807, 2.05) is 0 Å². The molecule has 1 aliphatic rings. The van der Waals surface area contributed by atoms with E-state index in [2.05, 4.69) is 0 Å². The van der Waals surface area contributed by atoms with E-state index in [4.69, 9.17) is 5.11 Å².